The van der Waals surface area contributed by atoms with Gasteiger partial charge < -0.3 is 16.0 Å². The zero-order valence-corrected chi connectivity index (χ0v) is 23.5. The van der Waals surface area contributed by atoms with Crippen LogP contribution in [-0.2, 0) is 11.3 Å². The molecule has 4 rings (SSSR count). The first kappa shape index (κ1) is 27.6. The molecule has 10 heteroatoms. The quantitative estimate of drug-likeness (QED) is 0.228. The molecule has 0 aliphatic rings. The fraction of sp³-hybridized carbons (Fsp3) is 0.214. The van der Waals surface area contributed by atoms with E-state index in [0.29, 0.717) is 39.0 Å². The summed E-state index contributed by atoms with van der Waals surface area (Å²) in [4.78, 5) is 34.8. The Morgan fingerprint density at radius 3 is 2.34 bits per heavy atom. The van der Waals surface area contributed by atoms with Crippen molar-refractivity contribution < 1.29 is 9.59 Å². The van der Waals surface area contributed by atoms with Gasteiger partial charge in [0, 0.05) is 35.6 Å². The van der Waals surface area contributed by atoms with Crippen LogP contribution >= 0.6 is 34.8 Å². The highest BCUT2D eigenvalue weighted by Gasteiger charge is 2.23. The minimum absolute atomic E-state index is 0.117. The molecule has 0 unspecified atom stereocenters. The number of carbonyl (C=O) groups is 2. The number of anilines is 2. The van der Waals surface area contributed by atoms with E-state index >= 15 is 0 Å². The monoisotopic (exact) mass is 569 g/mol. The maximum Gasteiger partial charge on any atom is 0.258 e. The third-order valence-electron chi connectivity index (χ3n) is 5.83. The number of nitrogens with one attached hydrogen (secondary N) is 3. The Kier molecular flexibility index (Phi) is 8.11. The smallest absolute Gasteiger partial charge is 0.258 e. The highest BCUT2D eigenvalue weighted by Crippen LogP contribution is 2.32. The average molecular weight is 571 g/mol. The highest BCUT2D eigenvalue weighted by atomic mass is 35.5. The van der Waals surface area contributed by atoms with Gasteiger partial charge in [0.15, 0.2) is 5.82 Å². The summed E-state index contributed by atoms with van der Waals surface area (Å²) in [6.07, 6.45) is 0. The van der Waals surface area contributed by atoms with E-state index in [1.165, 1.54) is 0 Å². The molecule has 0 saturated heterocycles. The van der Waals surface area contributed by atoms with Gasteiger partial charge in [-0.25, -0.2) is 9.97 Å². The number of amides is 2. The predicted octanol–water partition coefficient (Wildman–Crippen LogP) is 7.21. The Bertz CT molecular complexity index is 1550. The lowest BCUT2D eigenvalue weighted by atomic mass is 9.95. The molecule has 2 amide bonds. The lowest BCUT2D eigenvalue weighted by molar-refractivity contribution is -0.128. The third-order valence-corrected chi connectivity index (χ3v) is 6.90. The van der Waals surface area contributed by atoms with Crippen molar-refractivity contribution in [3.05, 3.63) is 80.8 Å². The van der Waals surface area contributed by atoms with E-state index in [1.807, 2.05) is 45.0 Å². The van der Waals surface area contributed by atoms with Crippen molar-refractivity contribution in [2.75, 3.05) is 17.7 Å². The van der Waals surface area contributed by atoms with E-state index in [0.717, 1.165) is 5.39 Å². The van der Waals surface area contributed by atoms with Crippen molar-refractivity contribution in [2.45, 2.75) is 27.3 Å². The number of hydrogen-bond acceptors (Lipinski definition) is 5. The Hall–Kier alpha value is -3.39. The van der Waals surface area contributed by atoms with Crippen LogP contribution in [0.25, 0.3) is 22.3 Å². The van der Waals surface area contributed by atoms with Crippen LogP contribution < -0.4 is 16.0 Å². The molecule has 38 heavy (non-hydrogen) atoms. The summed E-state index contributed by atoms with van der Waals surface area (Å²) in [5.74, 6) is 0.452. The minimum Gasteiger partial charge on any atom is -0.373 e. The minimum atomic E-state index is -0.558. The van der Waals surface area contributed by atoms with Crippen molar-refractivity contribution >= 4 is 69.0 Å². The molecule has 0 radical (unpaired) electrons. The zero-order chi connectivity index (χ0) is 27.6. The van der Waals surface area contributed by atoms with Gasteiger partial charge in [0.25, 0.3) is 5.91 Å². The van der Waals surface area contributed by atoms with Gasteiger partial charge >= 0.3 is 0 Å². The van der Waals surface area contributed by atoms with Gasteiger partial charge in [-0.15, -0.1) is 0 Å². The second-order valence-corrected chi connectivity index (χ2v) is 10.8. The molecule has 4 aromatic rings. The number of carbonyl (C=O) groups excluding carboxylic acids is 2. The average Bonchev–Trinajstić information content (AvgIpc) is 2.87. The van der Waals surface area contributed by atoms with Crippen molar-refractivity contribution in [2.24, 2.45) is 5.41 Å². The molecule has 0 aliphatic carbocycles. The Morgan fingerprint density at radius 2 is 1.66 bits per heavy atom. The Labute approximate surface area is 235 Å². The van der Waals surface area contributed by atoms with Crippen LogP contribution in [-0.4, -0.2) is 28.8 Å². The van der Waals surface area contributed by atoms with E-state index in [-0.39, 0.29) is 28.1 Å². The fourth-order valence-corrected chi connectivity index (χ4v) is 4.56. The van der Waals surface area contributed by atoms with E-state index in [1.54, 1.807) is 37.4 Å². The summed E-state index contributed by atoms with van der Waals surface area (Å²) in [6.45, 7) is 5.61. The normalized spacial score (nSPS) is 11.3. The van der Waals surface area contributed by atoms with Crippen molar-refractivity contribution in [1.82, 2.24) is 15.3 Å². The van der Waals surface area contributed by atoms with Gasteiger partial charge in [0.05, 0.1) is 26.1 Å². The first-order valence-corrected chi connectivity index (χ1v) is 12.9. The summed E-state index contributed by atoms with van der Waals surface area (Å²) in [5, 5.41) is 10.5. The first-order chi connectivity index (χ1) is 18.0. The molecule has 1 aromatic heterocycles. The van der Waals surface area contributed by atoms with Gasteiger partial charge in [0.1, 0.15) is 5.82 Å². The molecule has 0 fully saturated rings. The van der Waals surface area contributed by atoms with Crippen LogP contribution in [0, 0.1) is 5.41 Å². The van der Waals surface area contributed by atoms with E-state index in [4.69, 9.17) is 34.8 Å². The number of fused-ring (bicyclic) bond motifs is 1. The number of hydrogen-bond donors (Lipinski definition) is 3. The van der Waals surface area contributed by atoms with E-state index in [2.05, 4.69) is 25.9 Å². The van der Waals surface area contributed by atoms with E-state index in [9.17, 15) is 9.59 Å². The molecule has 1 heterocycles. The molecule has 0 saturated carbocycles. The van der Waals surface area contributed by atoms with Crippen molar-refractivity contribution in [3.63, 3.8) is 0 Å². The van der Waals surface area contributed by atoms with Gasteiger partial charge in [0.2, 0.25) is 5.91 Å². The standard InChI is InChI=1S/C28H26Cl3N5O2/c1-28(2,3)27(38)33-14-15-9-12-20(30)22(23(15)31)26(37)34-16-10-11-18-21(13-16)35-25(36-24(18)32-4)17-7-5-6-8-19(17)29/h5-13H,14H2,1-4H3,(H,33,38)(H,34,37)(H,32,35,36). The molecule has 3 N–H and O–H groups in total. The molecular weight excluding hydrogens is 545 g/mol. The topological polar surface area (TPSA) is 96.0 Å². The molecule has 0 aliphatic heterocycles. The van der Waals surface area contributed by atoms with Gasteiger partial charge in [-0.1, -0.05) is 73.8 Å². The number of aromatic nitrogens is 2. The number of halogens is 3. The van der Waals surface area contributed by atoms with Crippen LogP contribution in [0.3, 0.4) is 0 Å². The number of nitrogens with zero attached hydrogens (tertiary/aromatic N) is 2. The third kappa shape index (κ3) is 5.85. The lowest BCUT2D eigenvalue weighted by Gasteiger charge is -2.18. The van der Waals surface area contributed by atoms with Crippen LogP contribution in [0.2, 0.25) is 15.1 Å². The summed E-state index contributed by atoms with van der Waals surface area (Å²) >= 11 is 19.3. The van der Waals surface area contributed by atoms with Gasteiger partial charge in [-0.05, 0) is 42.0 Å². The largest absolute Gasteiger partial charge is 0.373 e. The molecule has 3 aromatic carbocycles. The summed E-state index contributed by atoms with van der Waals surface area (Å²) in [5.41, 5.74) is 1.92. The van der Waals surface area contributed by atoms with Crippen LogP contribution in [0.1, 0.15) is 36.7 Å². The summed E-state index contributed by atoms with van der Waals surface area (Å²) in [7, 11) is 1.77. The molecular formula is C28H26Cl3N5O2. The number of benzene rings is 3. The summed E-state index contributed by atoms with van der Waals surface area (Å²) in [6, 6.07) is 15.9. The Balaban J connectivity index is 1.65. The lowest BCUT2D eigenvalue weighted by Crippen LogP contribution is -2.34. The van der Waals surface area contributed by atoms with Crippen LogP contribution in [0.15, 0.2) is 54.6 Å². The number of rotatable bonds is 6. The molecule has 0 atom stereocenters. The van der Waals surface area contributed by atoms with Crippen LogP contribution in [0.4, 0.5) is 11.5 Å². The van der Waals surface area contributed by atoms with Gasteiger partial charge in [-0.3, -0.25) is 9.59 Å². The van der Waals surface area contributed by atoms with Crippen LogP contribution in [0.5, 0.6) is 0 Å². The molecule has 196 valence electrons. The molecule has 0 bridgehead atoms. The maximum absolute atomic E-state index is 13.3. The molecule has 0 spiro atoms. The SMILES string of the molecule is CNc1nc(-c2ccccc2Cl)nc2cc(NC(=O)c3c(Cl)ccc(CNC(=O)C(C)(C)C)c3Cl)ccc12. The predicted molar refractivity (Wildman–Crippen MR) is 155 cm³/mol. The van der Waals surface area contributed by atoms with Crippen molar-refractivity contribution in [1.29, 1.82) is 0 Å². The Morgan fingerprint density at radius 1 is 0.921 bits per heavy atom. The fourth-order valence-electron chi connectivity index (χ4n) is 3.74. The highest BCUT2D eigenvalue weighted by molar-refractivity contribution is 6.41. The van der Waals surface area contributed by atoms with E-state index < -0.39 is 11.3 Å². The zero-order valence-electron chi connectivity index (χ0n) is 21.2. The second kappa shape index (κ2) is 11.2. The maximum atomic E-state index is 13.3. The second-order valence-electron chi connectivity index (χ2n) is 9.64. The molecule has 7 nitrogen and oxygen atoms in total. The van der Waals surface area contributed by atoms with Gasteiger partial charge in [-0.2, -0.15) is 0 Å². The summed E-state index contributed by atoms with van der Waals surface area (Å²) < 4.78 is 0. The van der Waals surface area contributed by atoms with Crippen molar-refractivity contribution in [3.8, 4) is 11.4 Å². The first-order valence-electron chi connectivity index (χ1n) is 11.8.